The largest absolute Gasteiger partial charge is 0.433 e. The Kier molecular flexibility index (Phi) is 5.69. The van der Waals surface area contributed by atoms with E-state index in [4.69, 9.17) is 4.42 Å². The van der Waals surface area contributed by atoms with E-state index in [0.717, 1.165) is 16.1 Å². The van der Waals surface area contributed by atoms with E-state index in [2.05, 4.69) is 26.6 Å². The van der Waals surface area contributed by atoms with Gasteiger partial charge in [0.15, 0.2) is 5.76 Å². The highest BCUT2D eigenvalue weighted by atomic mass is 79.9. The van der Waals surface area contributed by atoms with Gasteiger partial charge in [0.05, 0.1) is 6.07 Å². The van der Waals surface area contributed by atoms with Crippen molar-refractivity contribution in [3.63, 3.8) is 0 Å². The van der Waals surface area contributed by atoms with Gasteiger partial charge in [-0.1, -0.05) is 22.0 Å². The van der Waals surface area contributed by atoms with Crippen molar-refractivity contribution in [3.8, 4) is 0 Å². The molecule has 1 aromatic heterocycles. The zero-order valence-electron chi connectivity index (χ0n) is 12.7. The molecular formula is C15H14BrN3O5. The highest BCUT2D eigenvalue weighted by Crippen LogP contribution is 2.20. The number of nitrogens with zero attached hydrogens (tertiary/aromatic N) is 1. The van der Waals surface area contributed by atoms with Gasteiger partial charge in [-0.25, -0.2) is 0 Å². The zero-order valence-corrected chi connectivity index (χ0v) is 14.3. The van der Waals surface area contributed by atoms with Gasteiger partial charge in [-0.15, -0.1) is 0 Å². The van der Waals surface area contributed by atoms with Gasteiger partial charge >= 0.3 is 5.88 Å². The predicted molar refractivity (Wildman–Crippen MR) is 89.8 cm³/mol. The van der Waals surface area contributed by atoms with Crippen LogP contribution in [0.15, 0.2) is 39.2 Å². The van der Waals surface area contributed by atoms with Crippen LogP contribution in [0.25, 0.3) is 0 Å². The summed E-state index contributed by atoms with van der Waals surface area (Å²) in [6, 6.07) is 7.82. The average molecular weight is 396 g/mol. The second kappa shape index (κ2) is 7.73. The first kappa shape index (κ1) is 17.7. The number of halogens is 1. The van der Waals surface area contributed by atoms with Crippen LogP contribution in [0.5, 0.6) is 0 Å². The van der Waals surface area contributed by atoms with E-state index in [9.17, 15) is 19.7 Å². The first-order chi connectivity index (χ1) is 11.4. The minimum atomic E-state index is -0.732. The summed E-state index contributed by atoms with van der Waals surface area (Å²) < 4.78 is 5.62. The lowest BCUT2D eigenvalue weighted by atomic mass is 10.2. The first-order valence-electron chi connectivity index (χ1n) is 6.95. The van der Waals surface area contributed by atoms with Gasteiger partial charge in [-0.2, -0.15) is 0 Å². The van der Waals surface area contributed by atoms with Crippen molar-refractivity contribution in [2.24, 2.45) is 0 Å². The average Bonchev–Trinajstić information content (AvgIpc) is 3.01. The maximum atomic E-state index is 11.9. The Morgan fingerprint density at radius 2 is 2.04 bits per heavy atom. The first-order valence-corrected chi connectivity index (χ1v) is 7.74. The van der Waals surface area contributed by atoms with Gasteiger partial charge in [-0.05, 0) is 30.7 Å². The number of nitro groups is 1. The van der Waals surface area contributed by atoms with Crippen LogP contribution in [0, 0.1) is 17.0 Å². The Hall–Kier alpha value is -2.68. The van der Waals surface area contributed by atoms with Gasteiger partial charge in [0, 0.05) is 23.1 Å². The minimum absolute atomic E-state index is 0.0560. The van der Waals surface area contributed by atoms with Gasteiger partial charge < -0.3 is 15.1 Å². The molecule has 0 radical (unpaired) electrons. The standard InChI is InChI=1S/C15H14BrN3O5/c1-9-2-3-10(16)8-11(9)18-13(20)6-7-17-15(21)12-4-5-14(24-12)19(22)23/h2-5,8H,6-7H2,1H3,(H,17,21)(H,18,20). The summed E-state index contributed by atoms with van der Waals surface area (Å²) in [5.41, 5.74) is 1.60. The molecule has 126 valence electrons. The molecule has 2 N–H and O–H groups in total. The second-order valence-electron chi connectivity index (χ2n) is 4.91. The van der Waals surface area contributed by atoms with Crippen molar-refractivity contribution in [2.45, 2.75) is 13.3 Å². The molecule has 8 nitrogen and oxygen atoms in total. The molecule has 0 unspecified atom stereocenters. The molecule has 0 spiro atoms. The molecule has 2 rings (SSSR count). The minimum Gasteiger partial charge on any atom is -0.395 e. The number of carbonyl (C=O) groups is 2. The third kappa shape index (κ3) is 4.66. The maximum absolute atomic E-state index is 11.9. The van der Waals surface area contributed by atoms with Crippen LogP contribution in [0.3, 0.4) is 0 Å². The topological polar surface area (TPSA) is 114 Å². The molecule has 0 saturated carbocycles. The van der Waals surface area contributed by atoms with Crippen molar-refractivity contribution in [1.82, 2.24) is 5.32 Å². The monoisotopic (exact) mass is 395 g/mol. The lowest BCUT2D eigenvalue weighted by Gasteiger charge is -2.09. The number of anilines is 1. The van der Waals surface area contributed by atoms with Crippen LogP contribution in [-0.4, -0.2) is 23.3 Å². The smallest absolute Gasteiger partial charge is 0.395 e. The molecule has 1 heterocycles. The molecule has 2 aromatic rings. The Morgan fingerprint density at radius 1 is 1.29 bits per heavy atom. The lowest BCUT2D eigenvalue weighted by molar-refractivity contribution is -0.402. The number of carbonyl (C=O) groups excluding carboxylic acids is 2. The van der Waals surface area contributed by atoms with E-state index in [1.165, 1.54) is 6.07 Å². The van der Waals surface area contributed by atoms with E-state index in [0.29, 0.717) is 5.69 Å². The summed E-state index contributed by atoms with van der Waals surface area (Å²) in [5, 5.41) is 15.7. The Labute approximate surface area is 145 Å². The summed E-state index contributed by atoms with van der Waals surface area (Å²) in [7, 11) is 0. The number of amides is 2. The molecule has 0 bridgehead atoms. The summed E-state index contributed by atoms with van der Waals surface area (Å²) in [6.07, 6.45) is 0.0560. The van der Waals surface area contributed by atoms with Gasteiger partial charge in [0.1, 0.15) is 4.92 Å². The van der Waals surface area contributed by atoms with Crippen LogP contribution in [0.2, 0.25) is 0 Å². The molecule has 24 heavy (non-hydrogen) atoms. The fourth-order valence-electron chi connectivity index (χ4n) is 1.87. The zero-order chi connectivity index (χ0) is 17.7. The van der Waals surface area contributed by atoms with Crippen LogP contribution in [-0.2, 0) is 4.79 Å². The van der Waals surface area contributed by atoms with Crippen LogP contribution in [0.4, 0.5) is 11.6 Å². The normalized spacial score (nSPS) is 10.2. The van der Waals surface area contributed by atoms with Crippen LogP contribution >= 0.6 is 15.9 Å². The third-order valence-electron chi connectivity index (χ3n) is 3.11. The number of rotatable bonds is 6. The van der Waals surface area contributed by atoms with Crippen molar-refractivity contribution in [3.05, 3.63) is 56.2 Å². The molecule has 0 atom stereocenters. The van der Waals surface area contributed by atoms with Crippen molar-refractivity contribution < 1.29 is 18.9 Å². The lowest BCUT2D eigenvalue weighted by Crippen LogP contribution is -2.27. The summed E-state index contributed by atoms with van der Waals surface area (Å²) >= 11 is 3.33. The van der Waals surface area contributed by atoms with E-state index in [1.54, 1.807) is 6.07 Å². The molecule has 9 heteroatoms. The summed E-state index contributed by atoms with van der Waals surface area (Å²) in [4.78, 5) is 33.4. The molecule has 1 aromatic carbocycles. The third-order valence-corrected chi connectivity index (χ3v) is 3.60. The van der Waals surface area contributed by atoms with Crippen LogP contribution in [0.1, 0.15) is 22.5 Å². The van der Waals surface area contributed by atoms with Gasteiger partial charge in [0.25, 0.3) is 5.91 Å². The van der Waals surface area contributed by atoms with Crippen LogP contribution < -0.4 is 10.6 Å². The predicted octanol–water partition coefficient (Wildman–Crippen LogP) is 3.02. The maximum Gasteiger partial charge on any atom is 0.433 e. The molecule has 0 aliphatic rings. The fraction of sp³-hybridized carbons (Fsp3) is 0.200. The van der Waals surface area contributed by atoms with E-state index in [1.807, 2.05) is 19.1 Å². The Morgan fingerprint density at radius 3 is 2.71 bits per heavy atom. The summed E-state index contributed by atoms with van der Waals surface area (Å²) in [5.74, 6) is -1.57. The number of aryl methyl sites for hydroxylation is 1. The highest BCUT2D eigenvalue weighted by Gasteiger charge is 2.17. The van der Waals surface area contributed by atoms with E-state index < -0.39 is 16.7 Å². The molecule has 0 aliphatic heterocycles. The quantitative estimate of drug-likeness (QED) is 0.576. The van der Waals surface area contributed by atoms with Crippen molar-refractivity contribution in [1.29, 1.82) is 0 Å². The molecule has 2 amide bonds. The molecule has 0 saturated heterocycles. The Balaban J connectivity index is 1.82. The van der Waals surface area contributed by atoms with Crippen molar-refractivity contribution >= 4 is 39.3 Å². The van der Waals surface area contributed by atoms with Gasteiger partial charge in [0.2, 0.25) is 5.91 Å². The van der Waals surface area contributed by atoms with E-state index in [-0.39, 0.29) is 24.6 Å². The number of hydrogen-bond donors (Lipinski definition) is 2. The number of nitrogens with one attached hydrogen (secondary N) is 2. The number of furan rings is 1. The molecule has 0 aliphatic carbocycles. The van der Waals surface area contributed by atoms with E-state index >= 15 is 0 Å². The SMILES string of the molecule is Cc1ccc(Br)cc1NC(=O)CCNC(=O)c1ccc([N+](=O)[O-])o1. The second-order valence-corrected chi connectivity index (χ2v) is 5.82. The fourth-order valence-corrected chi connectivity index (χ4v) is 2.23. The Bertz CT molecular complexity index is 787. The van der Waals surface area contributed by atoms with Crippen molar-refractivity contribution in [2.75, 3.05) is 11.9 Å². The summed E-state index contributed by atoms with van der Waals surface area (Å²) in [6.45, 7) is 1.94. The van der Waals surface area contributed by atoms with Gasteiger partial charge in [-0.3, -0.25) is 19.7 Å². The molecular weight excluding hydrogens is 382 g/mol. The highest BCUT2D eigenvalue weighted by molar-refractivity contribution is 9.10. The number of benzene rings is 1. The number of hydrogen-bond acceptors (Lipinski definition) is 5. The molecule has 0 fully saturated rings.